The van der Waals surface area contributed by atoms with Crippen molar-refractivity contribution in [1.29, 1.82) is 0 Å². The normalized spacial score (nSPS) is 16.4. The number of hydrogen-bond acceptors (Lipinski definition) is 3. The molecule has 1 N–H and O–H groups in total. The summed E-state index contributed by atoms with van der Waals surface area (Å²) in [5, 5.41) is 4.72. The first-order valence-electron chi connectivity index (χ1n) is 9.09. The van der Waals surface area contributed by atoms with Gasteiger partial charge >= 0.3 is 0 Å². The van der Waals surface area contributed by atoms with Crippen LogP contribution in [0.5, 0.6) is 0 Å². The van der Waals surface area contributed by atoms with E-state index in [9.17, 15) is 4.79 Å². The summed E-state index contributed by atoms with van der Waals surface area (Å²) >= 11 is 1.74. The van der Waals surface area contributed by atoms with Crippen LogP contribution in [0.15, 0.2) is 95.5 Å². The number of carbonyl (C=O) groups is 1. The second-order valence-corrected chi connectivity index (χ2v) is 7.93. The van der Waals surface area contributed by atoms with Crippen molar-refractivity contribution in [1.82, 2.24) is 0 Å². The molecule has 3 aromatic carbocycles. The Hall–Kier alpha value is -2.78. The molecule has 0 aromatic heterocycles. The Balaban J connectivity index is 1.67. The van der Waals surface area contributed by atoms with E-state index in [4.69, 9.17) is 0 Å². The molecule has 0 aliphatic carbocycles. The molecule has 0 bridgehead atoms. The number of nitrogens with one attached hydrogen (secondary N) is 1. The predicted octanol–water partition coefficient (Wildman–Crippen LogP) is 6.38. The molecule has 3 aromatic rings. The van der Waals surface area contributed by atoms with E-state index in [1.165, 1.54) is 11.1 Å². The Morgan fingerprint density at radius 3 is 2.33 bits per heavy atom. The van der Waals surface area contributed by atoms with Crippen LogP contribution in [0.4, 0.5) is 5.69 Å². The average Bonchev–Trinajstić information content (AvgIpc) is 3.12. The second kappa shape index (κ2) is 7.85. The predicted molar refractivity (Wildman–Crippen MR) is 114 cm³/mol. The van der Waals surface area contributed by atoms with Crippen LogP contribution in [0.25, 0.3) is 0 Å². The van der Waals surface area contributed by atoms with E-state index in [-0.39, 0.29) is 11.0 Å². The molecule has 1 heterocycles. The minimum Gasteiger partial charge on any atom is -0.350 e. The summed E-state index contributed by atoms with van der Waals surface area (Å²) in [6.07, 6.45) is 0.733. The number of aryl methyl sites for hydroxylation is 1. The highest BCUT2D eigenvalue weighted by Gasteiger charge is 2.31. The van der Waals surface area contributed by atoms with Gasteiger partial charge in [-0.2, -0.15) is 0 Å². The van der Waals surface area contributed by atoms with Crippen LogP contribution in [-0.4, -0.2) is 5.78 Å². The first-order valence-corrected chi connectivity index (χ1v) is 9.97. The zero-order valence-electron chi connectivity index (χ0n) is 15.2. The molecule has 1 aliphatic heterocycles. The number of Topliss-reactive ketones (excluding diaryl/α,β-unsaturated/α-hetero) is 1. The lowest BCUT2D eigenvalue weighted by Crippen LogP contribution is -2.07. The number of ketones is 1. The molecule has 4 rings (SSSR count). The van der Waals surface area contributed by atoms with Gasteiger partial charge in [-0.1, -0.05) is 84.6 Å². The summed E-state index contributed by atoms with van der Waals surface area (Å²) in [5.74, 6) is 0.108. The van der Waals surface area contributed by atoms with Crippen molar-refractivity contribution in [2.24, 2.45) is 0 Å². The van der Waals surface area contributed by atoms with E-state index in [0.29, 0.717) is 0 Å². The molecule has 0 radical (unpaired) electrons. The molecule has 3 heteroatoms. The Bertz CT molecular complexity index is 980. The maximum atomic E-state index is 13.2. The second-order valence-electron chi connectivity index (χ2n) is 6.72. The minimum atomic E-state index is 0.108. The number of allylic oxidation sites excluding steroid dienone is 1. The van der Waals surface area contributed by atoms with E-state index in [2.05, 4.69) is 48.6 Å². The highest BCUT2D eigenvalue weighted by atomic mass is 32.2. The quantitative estimate of drug-likeness (QED) is 0.528. The molecule has 27 heavy (non-hydrogen) atoms. The van der Waals surface area contributed by atoms with Crippen molar-refractivity contribution in [3.8, 4) is 0 Å². The zero-order chi connectivity index (χ0) is 18.6. The Morgan fingerprint density at radius 2 is 1.63 bits per heavy atom. The fourth-order valence-corrected chi connectivity index (χ4v) is 4.63. The number of anilines is 1. The van der Waals surface area contributed by atoms with E-state index in [1.54, 1.807) is 11.8 Å². The van der Waals surface area contributed by atoms with E-state index >= 15 is 0 Å². The van der Waals surface area contributed by atoms with Gasteiger partial charge in [-0.25, -0.2) is 0 Å². The molecule has 1 unspecified atom stereocenters. The molecule has 0 saturated carbocycles. The first kappa shape index (κ1) is 17.6. The standard InChI is InChI=1S/C24H21NOS/c1-17-9-8-14-20(15-17)25-24-21(23(26)19-12-6-3-7-13-19)16-22(27-24)18-10-4-2-5-11-18/h2-15,22,25H,16H2,1H3. The van der Waals surface area contributed by atoms with Gasteiger partial charge in [-0.15, -0.1) is 0 Å². The van der Waals surface area contributed by atoms with Gasteiger partial charge in [-0.3, -0.25) is 4.79 Å². The number of benzene rings is 3. The molecular weight excluding hydrogens is 350 g/mol. The number of thioether (sulfide) groups is 1. The van der Waals surface area contributed by atoms with Gasteiger partial charge < -0.3 is 5.32 Å². The Labute approximate surface area is 164 Å². The average molecular weight is 372 g/mol. The van der Waals surface area contributed by atoms with Gasteiger partial charge in [0.15, 0.2) is 5.78 Å². The number of hydrogen-bond donors (Lipinski definition) is 1. The highest BCUT2D eigenvalue weighted by molar-refractivity contribution is 8.03. The summed E-state index contributed by atoms with van der Waals surface area (Å²) in [6, 6.07) is 28.2. The number of rotatable bonds is 5. The third-order valence-corrected chi connectivity index (χ3v) is 5.99. The topological polar surface area (TPSA) is 29.1 Å². The fraction of sp³-hybridized carbons (Fsp3) is 0.125. The summed E-state index contributed by atoms with van der Waals surface area (Å²) < 4.78 is 0. The summed E-state index contributed by atoms with van der Waals surface area (Å²) in [7, 11) is 0. The molecule has 0 saturated heterocycles. The van der Waals surface area contributed by atoms with Gasteiger partial charge in [0.05, 0.1) is 5.03 Å². The van der Waals surface area contributed by atoms with Crippen LogP contribution in [0.1, 0.15) is 33.2 Å². The molecule has 1 atom stereocenters. The lowest BCUT2D eigenvalue weighted by Gasteiger charge is -2.11. The largest absolute Gasteiger partial charge is 0.350 e. The van der Waals surface area contributed by atoms with Crippen LogP contribution < -0.4 is 5.32 Å². The maximum absolute atomic E-state index is 13.2. The lowest BCUT2D eigenvalue weighted by atomic mass is 9.98. The van der Waals surface area contributed by atoms with E-state index in [0.717, 1.165) is 28.3 Å². The van der Waals surface area contributed by atoms with Crippen molar-refractivity contribution >= 4 is 23.2 Å². The molecule has 0 spiro atoms. The minimum absolute atomic E-state index is 0.108. The number of carbonyl (C=O) groups excluding carboxylic acids is 1. The summed E-state index contributed by atoms with van der Waals surface area (Å²) in [5.41, 5.74) is 5.07. The van der Waals surface area contributed by atoms with E-state index in [1.807, 2.05) is 48.5 Å². The zero-order valence-corrected chi connectivity index (χ0v) is 16.0. The molecule has 1 aliphatic rings. The third kappa shape index (κ3) is 3.99. The molecule has 0 fully saturated rings. The van der Waals surface area contributed by atoms with Crippen molar-refractivity contribution in [3.05, 3.63) is 112 Å². The van der Waals surface area contributed by atoms with Crippen LogP contribution >= 0.6 is 11.8 Å². The van der Waals surface area contributed by atoms with Crippen molar-refractivity contribution < 1.29 is 4.79 Å². The van der Waals surface area contributed by atoms with Crippen LogP contribution in [0, 0.1) is 6.92 Å². The van der Waals surface area contributed by atoms with Gasteiger partial charge in [0.1, 0.15) is 0 Å². The van der Waals surface area contributed by atoms with Gasteiger partial charge in [-0.05, 0) is 36.6 Å². The molecule has 134 valence electrons. The van der Waals surface area contributed by atoms with Crippen molar-refractivity contribution in [2.75, 3.05) is 5.32 Å². The van der Waals surface area contributed by atoms with Crippen LogP contribution in [-0.2, 0) is 0 Å². The summed E-state index contributed by atoms with van der Waals surface area (Å²) in [4.78, 5) is 13.2. The summed E-state index contributed by atoms with van der Waals surface area (Å²) in [6.45, 7) is 2.07. The highest BCUT2D eigenvalue weighted by Crippen LogP contribution is 2.48. The Morgan fingerprint density at radius 1 is 0.926 bits per heavy atom. The van der Waals surface area contributed by atoms with Crippen molar-refractivity contribution in [3.63, 3.8) is 0 Å². The van der Waals surface area contributed by atoms with Crippen LogP contribution in [0.2, 0.25) is 0 Å². The fourth-order valence-electron chi connectivity index (χ4n) is 3.31. The first-order chi connectivity index (χ1) is 13.2. The third-order valence-electron chi connectivity index (χ3n) is 4.68. The smallest absolute Gasteiger partial charge is 0.191 e. The maximum Gasteiger partial charge on any atom is 0.191 e. The monoisotopic (exact) mass is 371 g/mol. The van der Waals surface area contributed by atoms with Crippen molar-refractivity contribution in [2.45, 2.75) is 18.6 Å². The molecule has 0 amide bonds. The van der Waals surface area contributed by atoms with Gasteiger partial charge in [0.2, 0.25) is 0 Å². The van der Waals surface area contributed by atoms with Gasteiger partial charge in [0.25, 0.3) is 0 Å². The van der Waals surface area contributed by atoms with Crippen LogP contribution in [0.3, 0.4) is 0 Å². The molecule has 2 nitrogen and oxygen atoms in total. The van der Waals surface area contributed by atoms with E-state index < -0.39 is 0 Å². The SMILES string of the molecule is Cc1cccc(NC2=C(C(=O)c3ccccc3)CC(c3ccccc3)S2)c1. The van der Waals surface area contributed by atoms with Gasteiger partial charge in [0, 0.05) is 22.1 Å². The lowest BCUT2D eigenvalue weighted by molar-refractivity contribution is 0.103. The molecular formula is C24H21NOS. The Kier molecular flexibility index (Phi) is 5.12.